The fourth-order valence-electron chi connectivity index (χ4n) is 4.54. The van der Waals surface area contributed by atoms with Gasteiger partial charge in [-0.25, -0.2) is 0 Å². The number of pyridine rings is 1. The summed E-state index contributed by atoms with van der Waals surface area (Å²) in [5.74, 6) is 1.70. The van der Waals surface area contributed by atoms with Gasteiger partial charge in [0.2, 0.25) is 0 Å². The first-order chi connectivity index (χ1) is 19.3. The van der Waals surface area contributed by atoms with Crippen molar-refractivity contribution < 1.29 is 9.47 Å². The molecule has 0 spiro atoms. The minimum atomic E-state index is 0.697. The molecule has 204 valence electrons. The molecule has 0 unspecified atom stereocenters. The molecule has 1 N–H and O–H groups in total. The van der Waals surface area contributed by atoms with E-state index in [1.807, 2.05) is 36.5 Å². The summed E-state index contributed by atoms with van der Waals surface area (Å²) in [6, 6.07) is 29.1. The Hall–Kier alpha value is -3.79. The zero-order chi connectivity index (χ0) is 27.1. The van der Waals surface area contributed by atoms with Gasteiger partial charge in [0.1, 0.15) is 11.5 Å². The molecule has 0 aliphatic rings. The van der Waals surface area contributed by atoms with Crippen molar-refractivity contribution in [3.63, 3.8) is 0 Å². The second-order valence-corrected chi connectivity index (χ2v) is 9.97. The van der Waals surface area contributed by atoms with Crippen LogP contribution >= 0.6 is 0 Å². The van der Waals surface area contributed by atoms with E-state index in [9.17, 15) is 0 Å². The van der Waals surface area contributed by atoms with Gasteiger partial charge in [-0.1, -0.05) is 82.7 Å². The van der Waals surface area contributed by atoms with Crippen molar-refractivity contribution in [1.29, 1.82) is 0 Å². The number of rotatable bonds is 16. The molecule has 4 heteroatoms. The minimum Gasteiger partial charge on any atom is -0.493 e. The molecule has 0 saturated heterocycles. The quantitative estimate of drug-likeness (QED) is 0.149. The molecule has 1 aromatic heterocycles. The standard InChI is InChI=1S/C35H42N2O2/c1-3-5-7-12-24-38-32-20-21-33(35(27-32)39-25-13-8-6-4-2)34-26-29(22-23-36-34)28-16-18-31(19-17-28)37-30-14-10-9-11-15-30/h9-11,14-23,26-27,37H,3-8,12-13,24-25H2,1-2H3. The number of nitrogens with zero attached hydrogens (tertiary/aromatic N) is 1. The van der Waals surface area contributed by atoms with Crippen molar-refractivity contribution in [1.82, 2.24) is 4.98 Å². The Morgan fingerprint density at radius 3 is 2.03 bits per heavy atom. The van der Waals surface area contributed by atoms with E-state index in [0.29, 0.717) is 6.61 Å². The number of ether oxygens (including phenoxy) is 2. The third-order valence-electron chi connectivity index (χ3n) is 6.79. The largest absolute Gasteiger partial charge is 0.493 e. The molecule has 0 aliphatic carbocycles. The molecule has 3 aromatic carbocycles. The van der Waals surface area contributed by atoms with Gasteiger partial charge < -0.3 is 14.8 Å². The molecule has 0 atom stereocenters. The van der Waals surface area contributed by atoms with Crippen LogP contribution in [0.5, 0.6) is 11.5 Å². The van der Waals surface area contributed by atoms with Gasteiger partial charge in [0.15, 0.2) is 0 Å². The van der Waals surface area contributed by atoms with Crippen LogP contribution in [0.3, 0.4) is 0 Å². The van der Waals surface area contributed by atoms with Crippen LogP contribution < -0.4 is 14.8 Å². The highest BCUT2D eigenvalue weighted by Crippen LogP contribution is 2.35. The highest BCUT2D eigenvalue weighted by atomic mass is 16.5. The number of hydrogen-bond donors (Lipinski definition) is 1. The van der Waals surface area contributed by atoms with Gasteiger partial charge in [-0.05, 0) is 72.5 Å². The first kappa shape index (κ1) is 28.2. The summed E-state index contributed by atoms with van der Waals surface area (Å²) in [5.41, 5.74) is 6.29. The molecule has 4 aromatic rings. The van der Waals surface area contributed by atoms with Crippen LogP contribution in [0.2, 0.25) is 0 Å². The molecule has 1 heterocycles. The predicted molar refractivity (Wildman–Crippen MR) is 164 cm³/mol. The first-order valence-corrected chi connectivity index (χ1v) is 14.6. The smallest absolute Gasteiger partial charge is 0.132 e. The minimum absolute atomic E-state index is 0.697. The van der Waals surface area contributed by atoms with Gasteiger partial charge >= 0.3 is 0 Å². The number of unbranched alkanes of at least 4 members (excludes halogenated alkanes) is 6. The Balaban J connectivity index is 1.50. The van der Waals surface area contributed by atoms with E-state index in [-0.39, 0.29) is 0 Å². The number of benzene rings is 3. The average Bonchev–Trinajstić information content (AvgIpc) is 2.98. The summed E-state index contributed by atoms with van der Waals surface area (Å²) >= 11 is 0. The van der Waals surface area contributed by atoms with Crippen molar-refractivity contribution in [2.24, 2.45) is 0 Å². The van der Waals surface area contributed by atoms with Gasteiger partial charge in [0.25, 0.3) is 0 Å². The summed E-state index contributed by atoms with van der Waals surface area (Å²) in [6.07, 6.45) is 11.3. The van der Waals surface area contributed by atoms with Crippen molar-refractivity contribution >= 4 is 11.4 Å². The maximum atomic E-state index is 6.31. The van der Waals surface area contributed by atoms with E-state index in [1.165, 1.54) is 38.5 Å². The molecule has 39 heavy (non-hydrogen) atoms. The zero-order valence-electron chi connectivity index (χ0n) is 23.5. The molecule has 0 radical (unpaired) electrons. The van der Waals surface area contributed by atoms with E-state index in [4.69, 9.17) is 14.5 Å². The molecular weight excluding hydrogens is 480 g/mol. The Bertz CT molecular complexity index is 1260. The van der Waals surface area contributed by atoms with Crippen LogP contribution in [0.1, 0.15) is 65.2 Å². The normalized spacial score (nSPS) is 10.8. The second kappa shape index (κ2) is 15.6. The lowest BCUT2D eigenvalue weighted by Gasteiger charge is -2.15. The number of hydrogen-bond acceptors (Lipinski definition) is 4. The summed E-state index contributed by atoms with van der Waals surface area (Å²) in [4.78, 5) is 4.72. The first-order valence-electron chi connectivity index (χ1n) is 14.6. The van der Waals surface area contributed by atoms with Crippen molar-refractivity contribution in [3.8, 4) is 33.9 Å². The van der Waals surface area contributed by atoms with Crippen molar-refractivity contribution in [3.05, 3.63) is 91.1 Å². The number of nitrogens with one attached hydrogen (secondary N) is 1. The van der Waals surface area contributed by atoms with Gasteiger partial charge in [0.05, 0.1) is 18.9 Å². The molecule has 0 fully saturated rings. The summed E-state index contributed by atoms with van der Waals surface area (Å²) < 4.78 is 12.4. The Kier molecular flexibility index (Phi) is 11.3. The summed E-state index contributed by atoms with van der Waals surface area (Å²) in [5, 5.41) is 3.45. The van der Waals surface area contributed by atoms with Crippen LogP contribution in [-0.2, 0) is 0 Å². The maximum absolute atomic E-state index is 6.31. The lowest BCUT2D eigenvalue weighted by molar-refractivity contribution is 0.291. The Labute approximate surface area is 234 Å². The monoisotopic (exact) mass is 522 g/mol. The van der Waals surface area contributed by atoms with E-state index >= 15 is 0 Å². The van der Waals surface area contributed by atoms with Crippen molar-refractivity contribution in [2.45, 2.75) is 65.2 Å². The molecule has 4 nitrogen and oxygen atoms in total. The molecule has 0 amide bonds. The number of aromatic nitrogens is 1. The molecule has 0 saturated carbocycles. The highest BCUT2D eigenvalue weighted by molar-refractivity contribution is 5.75. The van der Waals surface area contributed by atoms with Gasteiger partial charge in [0, 0.05) is 29.2 Å². The lowest BCUT2D eigenvalue weighted by Crippen LogP contribution is -2.02. The fraction of sp³-hybridized carbons (Fsp3) is 0.343. The van der Waals surface area contributed by atoms with Crippen LogP contribution in [0.15, 0.2) is 91.1 Å². The zero-order valence-corrected chi connectivity index (χ0v) is 23.5. The Morgan fingerprint density at radius 2 is 1.31 bits per heavy atom. The second-order valence-electron chi connectivity index (χ2n) is 9.97. The fourth-order valence-corrected chi connectivity index (χ4v) is 4.54. The Morgan fingerprint density at radius 1 is 0.615 bits per heavy atom. The predicted octanol–water partition coefficient (Wildman–Crippen LogP) is 10.1. The van der Waals surface area contributed by atoms with Gasteiger partial charge in [-0.3, -0.25) is 4.98 Å². The van der Waals surface area contributed by atoms with E-state index in [0.717, 1.165) is 64.7 Å². The molecule has 0 aliphatic heterocycles. The average molecular weight is 523 g/mol. The van der Waals surface area contributed by atoms with Crippen molar-refractivity contribution in [2.75, 3.05) is 18.5 Å². The topological polar surface area (TPSA) is 43.4 Å². The maximum Gasteiger partial charge on any atom is 0.132 e. The van der Waals surface area contributed by atoms with E-state index in [1.54, 1.807) is 0 Å². The molecule has 4 rings (SSSR count). The van der Waals surface area contributed by atoms with Gasteiger partial charge in [-0.15, -0.1) is 0 Å². The van der Waals surface area contributed by atoms with E-state index < -0.39 is 0 Å². The summed E-state index contributed by atoms with van der Waals surface area (Å²) in [6.45, 7) is 5.89. The summed E-state index contributed by atoms with van der Waals surface area (Å²) in [7, 11) is 0. The van der Waals surface area contributed by atoms with E-state index in [2.05, 4.69) is 73.8 Å². The SMILES string of the molecule is CCCCCCOc1ccc(-c2cc(-c3ccc(Nc4ccccc4)cc3)ccn2)c(OCCCCCC)c1. The lowest BCUT2D eigenvalue weighted by atomic mass is 10.0. The number of para-hydroxylation sites is 1. The van der Waals surface area contributed by atoms with Crippen LogP contribution in [-0.4, -0.2) is 18.2 Å². The molecule has 0 bridgehead atoms. The van der Waals surface area contributed by atoms with Crippen LogP contribution in [0.4, 0.5) is 11.4 Å². The van der Waals surface area contributed by atoms with Crippen LogP contribution in [0, 0.1) is 0 Å². The third-order valence-corrected chi connectivity index (χ3v) is 6.79. The van der Waals surface area contributed by atoms with Crippen LogP contribution in [0.25, 0.3) is 22.4 Å². The third kappa shape index (κ3) is 8.88. The number of anilines is 2. The highest BCUT2D eigenvalue weighted by Gasteiger charge is 2.12. The molecular formula is C35H42N2O2. The van der Waals surface area contributed by atoms with Gasteiger partial charge in [-0.2, -0.15) is 0 Å².